The van der Waals surface area contributed by atoms with E-state index in [1.807, 2.05) is 6.07 Å². The Morgan fingerprint density at radius 1 is 1.11 bits per heavy atom. The highest BCUT2D eigenvalue weighted by atomic mass is 16.3. The summed E-state index contributed by atoms with van der Waals surface area (Å²) in [5.74, 6) is 0.948. The number of nitrogens with zero attached hydrogens (tertiary/aromatic N) is 1. The van der Waals surface area contributed by atoms with Crippen molar-refractivity contribution in [1.82, 2.24) is 0 Å². The Morgan fingerprint density at radius 2 is 1.89 bits per heavy atom. The van der Waals surface area contributed by atoms with Crippen LogP contribution in [0, 0.1) is 5.92 Å². The van der Waals surface area contributed by atoms with E-state index >= 15 is 0 Å². The van der Waals surface area contributed by atoms with Crippen molar-refractivity contribution in [1.29, 1.82) is 0 Å². The lowest BCUT2D eigenvalue weighted by Gasteiger charge is -2.34. The minimum absolute atomic E-state index is 0.260. The summed E-state index contributed by atoms with van der Waals surface area (Å²) >= 11 is 0. The Morgan fingerprint density at radius 3 is 2.72 bits per heavy atom. The average molecular weight is 245 g/mol. The van der Waals surface area contributed by atoms with Crippen LogP contribution < -0.4 is 4.90 Å². The van der Waals surface area contributed by atoms with Gasteiger partial charge in [-0.25, -0.2) is 0 Å². The molecule has 0 saturated heterocycles. The zero-order chi connectivity index (χ0) is 12.4. The minimum Gasteiger partial charge on any atom is -0.388 e. The SMILES string of the molecule is OC1CCN(CCC2CCCC2)c2ccccc21. The van der Waals surface area contributed by atoms with Gasteiger partial charge in [-0.1, -0.05) is 43.9 Å². The van der Waals surface area contributed by atoms with Crippen molar-refractivity contribution in [2.24, 2.45) is 5.92 Å². The number of para-hydroxylation sites is 1. The van der Waals surface area contributed by atoms with Crippen molar-refractivity contribution < 1.29 is 5.11 Å². The quantitative estimate of drug-likeness (QED) is 0.881. The molecule has 98 valence electrons. The molecule has 2 nitrogen and oxygen atoms in total. The first-order chi connectivity index (χ1) is 8.84. The lowest BCUT2D eigenvalue weighted by molar-refractivity contribution is 0.164. The van der Waals surface area contributed by atoms with Gasteiger partial charge in [0.05, 0.1) is 6.10 Å². The molecule has 1 aliphatic heterocycles. The van der Waals surface area contributed by atoms with E-state index in [0.717, 1.165) is 31.0 Å². The van der Waals surface area contributed by atoms with Crippen molar-refractivity contribution in [2.45, 2.75) is 44.6 Å². The molecule has 1 N–H and O–H groups in total. The molecule has 1 unspecified atom stereocenters. The maximum absolute atomic E-state index is 10.0. The van der Waals surface area contributed by atoms with Gasteiger partial charge in [0.25, 0.3) is 0 Å². The molecule has 1 atom stereocenters. The summed E-state index contributed by atoms with van der Waals surface area (Å²) in [6.07, 6.45) is 7.66. The molecular formula is C16H23NO. The summed E-state index contributed by atoms with van der Waals surface area (Å²) in [5, 5.41) is 10.0. The molecule has 1 saturated carbocycles. The number of fused-ring (bicyclic) bond motifs is 1. The van der Waals surface area contributed by atoms with Crippen molar-refractivity contribution in [3.8, 4) is 0 Å². The molecular weight excluding hydrogens is 222 g/mol. The molecule has 2 heteroatoms. The molecule has 0 spiro atoms. The predicted molar refractivity (Wildman–Crippen MR) is 74.8 cm³/mol. The topological polar surface area (TPSA) is 23.5 Å². The first-order valence-electron chi connectivity index (χ1n) is 7.36. The van der Waals surface area contributed by atoms with Gasteiger partial charge >= 0.3 is 0 Å². The highest BCUT2D eigenvalue weighted by Gasteiger charge is 2.24. The van der Waals surface area contributed by atoms with Crippen LogP contribution in [0.25, 0.3) is 0 Å². The van der Waals surface area contributed by atoms with Gasteiger partial charge in [0.2, 0.25) is 0 Å². The van der Waals surface area contributed by atoms with Gasteiger partial charge in [0, 0.05) is 24.3 Å². The number of aliphatic hydroxyl groups excluding tert-OH is 1. The lowest BCUT2D eigenvalue weighted by Crippen LogP contribution is -2.32. The van der Waals surface area contributed by atoms with Gasteiger partial charge in [0.15, 0.2) is 0 Å². The van der Waals surface area contributed by atoms with Gasteiger partial charge in [0.1, 0.15) is 0 Å². The van der Waals surface area contributed by atoms with E-state index in [-0.39, 0.29) is 6.10 Å². The Bertz CT molecular complexity index is 398. The van der Waals surface area contributed by atoms with Gasteiger partial charge in [-0.2, -0.15) is 0 Å². The number of anilines is 1. The zero-order valence-corrected chi connectivity index (χ0v) is 11.0. The highest BCUT2D eigenvalue weighted by molar-refractivity contribution is 5.56. The van der Waals surface area contributed by atoms with Gasteiger partial charge < -0.3 is 10.0 Å². The first-order valence-corrected chi connectivity index (χ1v) is 7.36. The molecule has 0 radical (unpaired) electrons. The monoisotopic (exact) mass is 245 g/mol. The van der Waals surface area contributed by atoms with Crippen LogP contribution >= 0.6 is 0 Å². The summed E-state index contributed by atoms with van der Waals surface area (Å²) in [4.78, 5) is 2.47. The van der Waals surface area contributed by atoms with Crippen molar-refractivity contribution >= 4 is 5.69 Å². The van der Waals surface area contributed by atoms with Crippen LogP contribution in [0.1, 0.15) is 50.2 Å². The molecule has 1 fully saturated rings. The van der Waals surface area contributed by atoms with Crippen LogP contribution in [-0.2, 0) is 0 Å². The number of benzene rings is 1. The van der Waals surface area contributed by atoms with E-state index in [1.54, 1.807) is 0 Å². The predicted octanol–water partition coefficient (Wildman–Crippen LogP) is 3.51. The Kier molecular flexibility index (Phi) is 3.55. The Labute approximate surface area is 110 Å². The smallest absolute Gasteiger partial charge is 0.0826 e. The fourth-order valence-corrected chi connectivity index (χ4v) is 3.48. The molecule has 1 aromatic carbocycles. The number of rotatable bonds is 3. The second-order valence-corrected chi connectivity index (χ2v) is 5.79. The van der Waals surface area contributed by atoms with E-state index in [0.29, 0.717) is 0 Å². The van der Waals surface area contributed by atoms with Crippen LogP contribution in [0.3, 0.4) is 0 Å². The third-order valence-corrected chi connectivity index (χ3v) is 4.59. The van der Waals surface area contributed by atoms with Crippen LogP contribution in [0.4, 0.5) is 5.69 Å². The molecule has 3 rings (SSSR count). The second kappa shape index (κ2) is 5.31. The van der Waals surface area contributed by atoms with Crippen LogP contribution in [-0.4, -0.2) is 18.2 Å². The Balaban J connectivity index is 1.68. The third kappa shape index (κ3) is 2.39. The van der Waals surface area contributed by atoms with Crippen molar-refractivity contribution in [3.63, 3.8) is 0 Å². The fourth-order valence-electron chi connectivity index (χ4n) is 3.48. The number of aliphatic hydroxyl groups is 1. The van der Waals surface area contributed by atoms with E-state index < -0.39 is 0 Å². The molecule has 2 aliphatic rings. The fraction of sp³-hybridized carbons (Fsp3) is 0.625. The third-order valence-electron chi connectivity index (χ3n) is 4.59. The molecule has 1 heterocycles. The molecule has 1 aliphatic carbocycles. The zero-order valence-electron chi connectivity index (χ0n) is 11.0. The first kappa shape index (κ1) is 12.0. The standard InChI is InChI=1S/C16H23NO/c18-16-10-12-17(11-9-13-5-1-2-6-13)15-8-4-3-7-14(15)16/h3-4,7-8,13,16,18H,1-2,5-6,9-12H2. The molecule has 0 amide bonds. The lowest BCUT2D eigenvalue weighted by atomic mass is 9.97. The van der Waals surface area contributed by atoms with Crippen LogP contribution in [0.15, 0.2) is 24.3 Å². The normalized spacial score (nSPS) is 24.3. The van der Waals surface area contributed by atoms with E-state index in [1.165, 1.54) is 37.8 Å². The average Bonchev–Trinajstić information content (AvgIpc) is 2.92. The number of hydrogen-bond acceptors (Lipinski definition) is 2. The summed E-state index contributed by atoms with van der Waals surface area (Å²) in [7, 11) is 0. The maximum atomic E-state index is 10.0. The van der Waals surface area contributed by atoms with Gasteiger partial charge in [-0.15, -0.1) is 0 Å². The summed E-state index contributed by atoms with van der Waals surface area (Å²) in [6.45, 7) is 2.17. The largest absolute Gasteiger partial charge is 0.388 e. The Hall–Kier alpha value is -1.02. The second-order valence-electron chi connectivity index (χ2n) is 5.79. The van der Waals surface area contributed by atoms with Crippen molar-refractivity contribution in [3.05, 3.63) is 29.8 Å². The highest BCUT2D eigenvalue weighted by Crippen LogP contribution is 2.34. The molecule has 1 aromatic rings. The summed E-state index contributed by atoms with van der Waals surface area (Å²) in [5.41, 5.74) is 2.38. The van der Waals surface area contributed by atoms with Gasteiger partial charge in [-0.3, -0.25) is 0 Å². The van der Waals surface area contributed by atoms with Gasteiger partial charge in [-0.05, 0) is 24.8 Å². The summed E-state index contributed by atoms with van der Waals surface area (Å²) in [6, 6.07) is 8.34. The van der Waals surface area contributed by atoms with E-state index in [4.69, 9.17) is 0 Å². The van der Waals surface area contributed by atoms with Crippen LogP contribution in [0.2, 0.25) is 0 Å². The molecule has 18 heavy (non-hydrogen) atoms. The number of hydrogen-bond donors (Lipinski definition) is 1. The maximum Gasteiger partial charge on any atom is 0.0826 e. The molecule has 0 bridgehead atoms. The summed E-state index contributed by atoms with van der Waals surface area (Å²) < 4.78 is 0. The van der Waals surface area contributed by atoms with Crippen LogP contribution in [0.5, 0.6) is 0 Å². The van der Waals surface area contributed by atoms with E-state index in [2.05, 4.69) is 23.1 Å². The molecule has 0 aromatic heterocycles. The van der Waals surface area contributed by atoms with E-state index in [9.17, 15) is 5.11 Å². The van der Waals surface area contributed by atoms with Crippen molar-refractivity contribution in [2.75, 3.05) is 18.0 Å². The minimum atomic E-state index is -0.260.